The van der Waals surface area contributed by atoms with E-state index in [-0.39, 0.29) is 11.1 Å². The van der Waals surface area contributed by atoms with Gasteiger partial charge in [-0.3, -0.25) is 9.59 Å². The number of amides is 1. The molecule has 4 rings (SSSR count). The molecule has 7 heteroatoms. The number of allylic oxidation sites excluding steroid dienone is 1. The van der Waals surface area contributed by atoms with E-state index in [9.17, 15) is 14.0 Å². The number of fused-ring (bicyclic) bond motifs is 3. The molecular formula is C46H70FN3O3. The molecular weight excluding hydrogens is 662 g/mol. The zero-order valence-electron chi connectivity index (χ0n) is 35.0. The van der Waals surface area contributed by atoms with Gasteiger partial charge in [-0.25, -0.2) is 4.39 Å². The van der Waals surface area contributed by atoms with Crippen LogP contribution in [0.1, 0.15) is 125 Å². The van der Waals surface area contributed by atoms with Crippen LogP contribution in [0.3, 0.4) is 0 Å². The molecule has 0 radical (unpaired) electrons. The molecule has 6 nitrogen and oxygen atoms in total. The lowest BCUT2D eigenvalue weighted by Crippen LogP contribution is -2.29. The Morgan fingerprint density at radius 2 is 1.55 bits per heavy atom. The van der Waals surface area contributed by atoms with Gasteiger partial charge in [-0.05, 0) is 121 Å². The summed E-state index contributed by atoms with van der Waals surface area (Å²) in [6.45, 7) is 23.0. The van der Waals surface area contributed by atoms with Crippen LogP contribution in [0.5, 0.6) is 5.75 Å². The van der Waals surface area contributed by atoms with Crippen molar-refractivity contribution < 1.29 is 18.7 Å². The minimum atomic E-state index is -0.530. The van der Waals surface area contributed by atoms with Crippen LogP contribution in [-0.2, 0) is 11.2 Å². The maximum absolute atomic E-state index is 14.0. The summed E-state index contributed by atoms with van der Waals surface area (Å²) in [6.07, 6.45) is 9.30. The molecule has 0 aromatic heterocycles. The van der Waals surface area contributed by atoms with Gasteiger partial charge in [-0.2, -0.15) is 0 Å². The van der Waals surface area contributed by atoms with Crippen LogP contribution in [0.15, 0.2) is 60.2 Å². The molecule has 3 aromatic carbocycles. The zero-order chi connectivity index (χ0) is 40.1. The van der Waals surface area contributed by atoms with E-state index < -0.39 is 17.5 Å². The summed E-state index contributed by atoms with van der Waals surface area (Å²) >= 11 is 0. The maximum Gasteiger partial charge on any atom is 0.254 e. The molecule has 0 fully saturated rings. The summed E-state index contributed by atoms with van der Waals surface area (Å²) in [5, 5.41) is 2.71. The van der Waals surface area contributed by atoms with Crippen LogP contribution >= 0.6 is 0 Å². The number of carbonyl (C=O) groups is 2. The second kappa shape index (κ2) is 25.3. The van der Waals surface area contributed by atoms with E-state index in [1.807, 2.05) is 6.92 Å². The Labute approximate surface area is 321 Å². The number of halogens is 1. The number of benzene rings is 3. The first-order valence-electron chi connectivity index (χ1n) is 19.6. The molecule has 3 aromatic rings. The number of aryl methyl sites for hydroxylation is 1. The van der Waals surface area contributed by atoms with E-state index >= 15 is 0 Å². The number of Topliss-reactive ketones (excluding diaryl/α,β-unsaturated/α-hetero) is 1. The van der Waals surface area contributed by atoms with Gasteiger partial charge in [-0.15, -0.1) is 0 Å². The number of ketones is 1. The lowest BCUT2D eigenvalue weighted by Gasteiger charge is -2.14. The van der Waals surface area contributed by atoms with E-state index in [4.69, 9.17) is 10.5 Å². The summed E-state index contributed by atoms with van der Waals surface area (Å²) in [5.41, 5.74) is 13.7. The van der Waals surface area contributed by atoms with Crippen molar-refractivity contribution in [2.24, 2.45) is 11.7 Å². The minimum absolute atomic E-state index is 0.00880. The minimum Gasteiger partial charge on any atom is -0.496 e. The Morgan fingerprint density at radius 3 is 2.08 bits per heavy atom. The van der Waals surface area contributed by atoms with Crippen molar-refractivity contribution in [3.63, 3.8) is 0 Å². The molecule has 1 aliphatic carbocycles. The maximum atomic E-state index is 14.0. The molecule has 0 heterocycles. The van der Waals surface area contributed by atoms with Crippen molar-refractivity contribution >= 4 is 11.7 Å². The number of nitrogens with one attached hydrogen (secondary N) is 1. The highest BCUT2D eigenvalue weighted by Gasteiger charge is 2.24. The molecule has 2 unspecified atom stereocenters. The first-order valence-corrected chi connectivity index (χ1v) is 19.6. The Kier molecular flexibility index (Phi) is 22.5. The molecule has 1 aliphatic rings. The zero-order valence-corrected chi connectivity index (χ0v) is 35.0. The molecule has 3 N–H and O–H groups in total. The molecule has 294 valence electrons. The predicted octanol–water partition coefficient (Wildman–Crippen LogP) is 10.6. The van der Waals surface area contributed by atoms with Crippen molar-refractivity contribution in [3.05, 3.63) is 99.4 Å². The highest BCUT2D eigenvalue weighted by Crippen LogP contribution is 2.36. The molecule has 0 spiro atoms. The lowest BCUT2D eigenvalue weighted by atomic mass is 9.95. The second-order valence-corrected chi connectivity index (χ2v) is 14.4. The van der Waals surface area contributed by atoms with Gasteiger partial charge in [-0.1, -0.05) is 102 Å². The van der Waals surface area contributed by atoms with Gasteiger partial charge < -0.3 is 20.7 Å². The van der Waals surface area contributed by atoms with Gasteiger partial charge in [0.05, 0.1) is 12.7 Å². The number of nitrogens with zero attached hydrogens (tertiary/aromatic N) is 1. The molecule has 53 heavy (non-hydrogen) atoms. The molecule has 0 saturated heterocycles. The molecule has 2 atom stereocenters. The van der Waals surface area contributed by atoms with Gasteiger partial charge in [0.15, 0.2) is 5.78 Å². The normalized spacial score (nSPS) is 12.5. The van der Waals surface area contributed by atoms with Crippen LogP contribution in [-0.4, -0.2) is 56.4 Å². The number of hydrogen-bond donors (Lipinski definition) is 2. The van der Waals surface area contributed by atoms with E-state index in [0.29, 0.717) is 29.5 Å². The first-order chi connectivity index (χ1) is 25.2. The van der Waals surface area contributed by atoms with Gasteiger partial charge in [0.1, 0.15) is 11.6 Å². The molecule has 1 amide bonds. The summed E-state index contributed by atoms with van der Waals surface area (Å²) in [7, 11) is 3.60. The number of carbonyl (C=O) groups excluding carboxylic acids is 2. The van der Waals surface area contributed by atoms with Crippen LogP contribution in [0.4, 0.5) is 4.39 Å². The Balaban J connectivity index is 0.000000394. The first kappa shape index (κ1) is 47.2. The average Bonchev–Trinajstić information content (AvgIpc) is 3.49. The van der Waals surface area contributed by atoms with E-state index in [2.05, 4.69) is 101 Å². The van der Waals surface area contributed by atoms with Crippen molar-refractivity contribution in [3.8, 4) is 16.9 Å². The Hall–Kier alpha value is -3.81. The predicted molar refractivity (Wildman–Crippen MR) is 224 cm³/mol. The third kappa shape index (κ3) is 15.6. The van der Waals surface area contributed by atoms with Crippen molar-refractivity contribution in [2.75, 3.05) is 33.8 Å². The number of unbranched alkanes of at least 4 members (excludes halogenated alkanes) is 1. The van der Waals surface area contributed by atoms with E-state index in [1.54, 1.807) is 20.8 Å². The smallest absolute Gasteiger partial charge is 0.254 e. The van der Waals surface area contributed by atoms with Crippen LogP contribution in [0, 0.1) is 32.5 Å². The monoisotopic (exact) mass is 732 g/mol. The second-order valence-electron chi connectivity index (χ2n) is 14.4. The van der Waals surface area contributed by atoms with Gasteiger partial charge in [0.25, 0.3) is 5.91 Å². The quantitative estimate of drug-likeness (QED) is 0.0443. The number of nitrogens with two attached hydrogens (primary N) is 1. The van der Waals surface area contributed by atoms with Crippen molar-refractivity contribution in [2.45, 2.75) is 120 Å². The fraction of sp³-hybridized carbons (Fsp3) is 0.522. The molecule has 0 aliphatic heterocycles. The molecule has 0 saturated carbocycles. The lowest BCUT2D eigenvalue weighted by molar-refractivity contribution is -0.117. The SMILES string of the molecule is C/C=C(/C(=O)NCCCC)C(=O)c1cc(F)c(C)c(OC)c1C.CCC(C)CC(C)N.CCCN(C)CCC.Cc1ccc2c(c1)-c1ccccc1C2. The number of methoxy groups -OCH3 is 1. The number of ether oxygens (including phenoxy) is 1. The largest absolute Gasteiger partial charge is 0.496 e. The van der Waals surface area contributed by atoms with Gasteiger partial charge in [0, 0.05) is 29.3 Å². The van der Waals surface area contributed by atoms with E-state index in [0.717, 1.165) is 31.6 Å². The van der Waals surface area contributed by atoms with Crippen LogP contribution in [0.2, 0.25) is 0 Å². The third-order valence-electron chi connectivity index (χ3n) is 9.39. The summed E-state index contributed by atoms with van der Waals surface area (Å²) < 4.78 is 19.2. The average molecular weight is 732 g/mol. The topological polar surface area (TPSA) is 84.7 Å². The fourth-order valence-corrected chi connectivity index (χ4v) is 6.30. The highest BCUT2D eigenvalue weighted by molar-refractivity contribution is 6.26. The summed E-state index contributed by atoms with van der Waals surface area (Å²) in [4.78, 5) is 27.2. The van der Waals surface area contributed by atoms with Crippen molar-refractivity contribution in [1.29, 1.82) is 0 Å². The third-order valence-corrected chi connectivity index (χ3v) is 9.39. The molecule has 0 bridgehead atoms. The Bertz CT molecular complexity index is 1590. The van der Waals surface area contributed by atoms with Gasteiger partial charge >= 0.3 is 0 Å². The van der Waals surface area contributed by atoms with Crippen molar-refractivity contribution in [1.82, 2.24) is 10.2 Å². The van der Waals surface area contributed by atoms with E-state index in [1.165, 1.54) is 79.4 Å². The highest BCUT2D eigenvalue weighted by atomic mass is 19.1. The number of rotatable bonds is 14. The summed E-state index contributed by atoms with van der Waals surface area (Å²) in [5.74, 6) is -0.343. The van der Waals surface area contributed by atoms with Gasteiger partial charge in [0.2, 0.25) is 0 Å². The summed E-state index contributed by atoms with van der Waals surface area (Å²) in [6, 6.07) is 17.0. The van der Waals surface area contributed by atoms with Crippen LogP contribution < -0.4 is 15.8 Å². The Morgan fingerprint density at radius 1 is 0.925 bits per heavy atom. The van der Waals surface area contributed by atoms with Crippen LogP contribution in [0.25, 0.3) is 11.1 Å². The standard InChI is InChI=1S/C18H24FNO3.C14H12.2C7H17N/c1-6-8-9-20-18(22)13(7-2)16(21)14-10-15(19)12(4)17(23-5)11(14)3;1-10-6-7-12-9-11-4-2-3-5-13(11)14(12)8-10;1-4-6(2)5-7(3)8;1-4-6-8(3)7-5-2/h7,10H,6,8-9H2,1-5H3,(H,20,22);2-8H,9H2,1H3;6-7H,4-5,8H2,1-3H3;4-7H2,1-3H3/b13-7+;;;. The fourth-order valence-electron chi connectivity index (χ4n) is 6.30. The number of hydrogen-bond acceptors (Lipinski definition) is 5.